The van der Waals surface area contributed by atoms with Crippen LogP contribution in [-0.4, -0.2) is 22.9 Å². The van der Waals surface area contributed by atoms with Crippen LogP contribution in [0.15, 0.2) is 23.3 Å². The fraction of sp³-hybridized carbons (Fsp3) is 0.500. The highest BCUT2D eigenvalue weighted by atomic mass is 16.3. The summed E-state index contributed by atoms with van der Waals surface area (Å²) in [5, 5.41) is 23.0. The maximum atomic E-state index is 9.92. The van der Waals surface area contributed by atoms with E-state index in [9.17, 15) is 10.2 Å². The van der Waals surface area contributed by atoms with Crippen molar-refractivity contribution >= 4 is 0 Å². The lowest BCUT2D eigenvalue weighted by Gasteiger charge is -2.18. The first-order chi connectivity index (χ1) is 8.06. The summed E-state index contributed by atoms with van der Waals surface area (Å²) in [4.78, 5) is 2.60. The molecule has 0 aliphatic carbocycles. The van der Waals surface area contributed by atoms with Gasteiger partial charge < -0.3 is 10.2 Å². The predicted octanol–water partition coefficient (Wildman–Crippen LogP) is 2.40. The van der Waals surface area contributed by atoms with Gasteiger partial charge in [0.1, 0.15) is 6.10 Å². The standard InChI is InChI=1S/C12H17N3O2/c1-8-3-4-10(7-9(8)2)12(17)11(16)5-6-14-15-13/h3-4,7,11-12,16-17H,5-6H2,1-2H3. The van der Waals surface area contributed by atoms with Crippen molar-refractivity contribution in [2.24, 2.45) is 5.11 Å². The summed E-state index contributed by atoms with van der Waals surface area (Å²) in [6.45, 7) is 4.13. The van der Waals surface area contributed by atoms with Gasteiger partial charge in [0, 0.05) is 11.5 Å². The van der Waals surface area contributed by atoms with Gasteiger partial charge in [-0.1, -0.05) is 23.3 Å². The Morgan fingerprint density at radius 2 is 2.00 bits per heavy atom. The van der Waals surface area contributed by atoms with Crippen LogP contribution in [0.3, 0.4) is 0 Å². The molecule has 0 fully saturated rings. The van der Waals surface area contributed by atoms with Crippen LogP contribution in [0.2, 0.25) is 0 Å². The predicted molar refractivity (Wildman–Crippen MR) is 65.5 cm³/mol. The van der Waals surface area contributed by atoms with E-state index in [-0.39, 0.29) is 13.0 Å². The molecule has 0 saturated carbocycles. The van der Waals surface area contributed by atoms with E-state index < -0.39 is 12.2 Å². The number of benzene rings is 1. The Morgan fingerprint density at radius 1 is 1.29 bits per heavy atom. The van der Waals surface area contributed by atoms with Gasteiger partial charge in [-0.15, -0.1) is 0 Å². The Hall–Kier alpha value is -1.55. The molecule has 5 nitrogen and oxygen atoms in total. The number of aryl methyl sites for hydroxylation is 2. The van der Waals surface area contributed by atoms with Crippen molar-refractivity contribution < 1.29 is 10.2 Å². The molecule has 17 heavy (non-hydrogen) atoms. The lowest BCUT2D eigenvalue weighted by Crippen LogP contribution is -2.19. The first-order valence-corrected chi connectivity index (χ1v) is 5.50. The Bertz CT molecular complexity index is 428. The molecule has 0 aliphatic rings. The molecule has 92 valence electrons. The Kier molecular flexibility index (Phi) is 4.97. The molecule has 0 radical (unpaired) electrons. The number of aliphatic hydroxyl groups excluding tert-OH is 2. The van der Waals surface area contributed by atoms with Crippen LogP contribution in [-0.2, 0) is 0 Å². The monoisotopic (exact) mass is 235 g/mol. The third kappa shape index (κ3) is 3.75. The highest BCUT2D eigenvalue weighted by molar-refractivity contribution is 5.31. The van der Waals surface area contributed by atoms with E-state index in [1.807, 2.05) is 26.0 Å². The van der Waals surface area contributed by atoms with Gasteiger partial charge in [0.05, 0.1) is 6.10 Å². The normalized spacial score (nSPS) is 13.9. The minimum Gasteiger partial charge on any atom is -0.390 e. The van der Waals surface area contributed by atoms with Crippen molar-refractivity contribution in [1.82, 2.24) is 0 Å². The third-order valence-electron chi connectivity index (χ3n) is 2.83. The second-order valence-electron chi connectivity index (χ2n) is 4.10. The van der Waals surface area contributed by atoms with Crippen LogP contribution in [0.5, 0.6) is 0 Å². The molecule has 0 aliphatic heterocycles. The number of hydrogen-bond donors (Lipinski definition) is 2. The number of nitrogens with zero attached hydrogens (tertiary/aromatic N) is 3. The van der Waals surface area contributed by atoms with Crippen LogP contribution in [0.1, 0.15) is 29.2 Å². The number of azide groups is 1. The molecule has 2 N–H and O–H groups in total. The molecule has 0 amide bonds. The lowest BCUT2D eigenvalue weighted by molar-refractivity contribution is 0.0150. The molecular formula is C12H17N3O2. The molecule has 0 saturated heterocycles. The molecule has 1 aromatic rings. The van der Waals surface area contributed by atoms with Crippen LogP contribution in [0.4, 0.5) is 0 Å². The Labute approximate surface area is 100 Å². The van der Waals surface area contributed by atoms with Crippen molar-refractivity contribution in [3.05, 3.63) is 45.3 Å². The van der Waals surface area contributed by atoms with E-state index in [0.717, 1.165) is 11.1 Å². The van der Waals surface area contributed by atoms with Crippen LogP contribution < -0.4 is 0 Å². The van der Waals surface area contributed by atoms with Gasteiger partial charge >= 0.3 is 0 Å². The Balaban J connectivity index is 2.70. The van der Waals surface area contributed by atoms with Gasteiger partial charge in [-0.2, -0.15) is 0 Å². The van der Waals surface area contributed by atoms with Gasteiger partial charge in [0.2, 0.25) is 0 Å². The first kappa shape index (κ1) is 13.5. The van der Waals surface area contributed by atoms with E-state index >= 15 is 0 Å². The summed E-state index contributed by atoms with van der Waals surface area (Å²) in [6.07, 6.45) is -1.61. The second kappa shape index (κ2) is 6.25. The van der Waals surface area contributed by atoms with E-state index in [4.69, 9.17) is 5.53 Å². The molecule has 0 heterocycles. The average Bonchev–Trinajstić information content (AvgIpc) is 2.32. The molecule has 0 spiro atoms. The summed E-state index contributed by atoms with van der Waals surface area (Å²) in [5.41, 5.74) is 11.0. The third-order valence-corrected chi connectivity index (χ3v) is 2.83. The van der Waals surface area contributed by atoms with Crippen LogP contribution in [0, 0.1) is 13.8 Å². The molecule has 0 aromatic heterocycles. The van der Waals surface area contributed by atoms with Crippen molar-refractivity contribution in [2.45, 2.75) is 32.5 Å². The molecule has 1 rings (SSSR count). The summed E-state index contributed by atoms with van der Waals surface area (Å²) in [7, 11) is 0. The minimum absolute atomic E-state index is 0.180. The van der Waals surface area contributed by atoms with Crippen LogP contribution >= 0.6 is 0 Å². The fourth-order valence-electron chi connectivity index (χ4n) is 1.56. The summed E-state index contributed by atoms with van der Waals surface area (Å²) in [6, 6.07) is 5.56. The zero-order valence-corrected chi connectivity index (χ0v) is 10.0. The van der Waals surface area contributed by atoms with Crippen molar-refractivity contribution in [3.63, 3.8) is 0 Å². The summed E-state index contributed by atoms with van der Waals surface area (Å²) >= 11 is 0. The summed E-state index contributed by atoms with van der Waals surface area (Å²) in [5.74, 6) is 0. The minimum atomic E-state index is -0.941. The molecule has 5 heteroatoms. The van der Waals surface area contributed by atoms with Gasteiger partial charge in [-0.05, 0) is 42.5 Å². The highest BCUT2D eigenvalue weighted by Crippen LogP contribution is 2.21. The van der Waals surface area contributed by atoms with Gasteiger partial charge in [-0.3, -0.25) is 0 Å². The number of rotatable bonds is 5. The maximum absolute atomic E-state index is 9.92. The maximum Gasteiger partial charge on any atom is 0.105 e. The van der Waals surface area contributed by atoms with E-state index in [1.165, 1.54) is 0 Å². The van der Waals surface area contributed by atoms with Gasteiger partial charge in [-0.25, -0.2) is 0 Å². The molecule has 0 bridgehead atoms. The quantitative estimate of drug-likeness (QED) is 0.466. The zero-order valence-electron chi connectivity index (χ0n) is 10.0. The SMILES string of the molecule is Cc1ccc(C(O)C(O)CCN=[N+]=[N-])cc1C. The van der Waals surface area contributed by atoms with Gasteiger partial charge in [0.25, 0.3) is 0 Å². The van der Waals surface area contributed by atoms with Crippen LogP contribution in [0.25, 0.3) is 10.4 Å². The Morgan fingerprint density at radius 3 is 2.59 bits per heavy atom. The molecule has 2 unspecified atom stereocenters. The molecular weight excluding hydrogens is 218 g/mol. The van der Waals surface area contributed by atoms with E-state index in [1.54, 1.807) is 6.07 Å². The van der Waals surface area contributed by atoms with Crippen molar-refractivity contribution in [3.8, 4) is 0 Å². The topological polar surface area (TPSA) is 89.2 Å². The number of hydrogen-bond acceptors (Lipinski definition) is 3. The van der Waals surface area contributed by atoms with Crippen molar-refractivity contribution in [2.75, 3.05) is 6.54 Å². The number of aliphatic hydroxyl groups is 2. The smallest absolute Gasteiger partial charge is 0.105 e. The highest BCUT2D eigenvalue weighted by Gasteiger charge is 2.17. The lowest BCUT2D eigenvalue weighted by atomic mass is 9.98. The first-order valence-electron chi connectivity index (χ1n) is 5.50. The van der Waals surface area contributed by atoms with E-state index in [0.29, 0.717) is 5.56 Å². The van der Waals surface area contributed by atoms with Gasteiger partial charge in [0.15, 0.2) is 0 Å². The summed E-state index contributed by atoms with van der Waals surface area (Å²) < 4.78 is 0. The molecule has 1 aromatic carbocycles. The van der Waals surface area contributed by atoms with E-state index in [2.05, 4.69) is 10.0 Å². The largest absolute Gasteiger partial charge is 0.390 e. The van der Waals surface area contributed by atoms with Crippen molar-refractivity contribution in [1.29, 1.82) is 0 Å². The molecule has 2 atom stereocenters. The average molecular weight is 235 g/mol. The second-order valence-corrected chi connectivity index (χ2v) is 4.10. The fourth-order valence-corrected chi connectivity index (χ4v) is 1.56. The zero-order chi connectivity index (χ0) is 12.8.